The molecule has 8 nitrogen and oxygen atoms in total. The molecule has 0 spiro atoms. The quantitative estimate of drug-likeness (QED) is 0.694. The molecule has 0 aromatic carbocycles. The molecule has 3 heterocycles. The predicted octanol–water partition coefficient (Wildman–Crippen LogP) is -0.321. The second kappa shape index (κ2) is 5.37. The number of nitrogens with one attached hydrogen (secondary N) is 2. The normalized spacial score (nSPS) is 16.8. The predicted molar refractivity (Wildman–Crippen MR) is 71.8 cm³/mol. The minimum Gasteiger partial charge on any atom is -0.379 e. The Bertz CT molecular complexity index is 549. The Balaban J connectivity index is 1.63. The summed E-state index contributed by atoms with van der Waals surface area (Å²) in [5.74, 6) is 0.968. The number of fused-ring (bicyclic) bond motifs is 1. The maximum absolute atomic E-state index is 5.66. The zero-order valence-corrected chi connectivity index (χ0v) is 10.6. The highest BCUT2D eigenvalue weighted by Gasteiger charge is 2.11. The van der Waals surface area contributed by atoms with Gasteiger partial charge < -0.3 is 15.8 Å². The number of nitrogens with two attached hydrogens (primary N) is 1. The van der Waals surface area contributed by atoms with Crippen molar-refractivity contribution >= 4 is 22.8 Å². The van der Waals surface area contributed by atoms with Gasteiger partial charge in [0.15, 0.2) is 5.65 Å². The molecule has 0 unspecified atom stereocenters. The summed E-state index contributed by atoms with van der Waals surface area (Å²) in [6.07, 6.45) is 1.70. The van der Waals surface area contributed by atoms with E-state index in [-0.39, 0.29) is 5.95 Å². The van der Waals surface area contributed by atoms with E-state index < -0.39 is 0 Å². The number of rotatable bonds is 4. The fourth-order valence-electron chi connectivity index (χ4n) is 2.14. The third-order valence-corrected chi connectivity index (χ3v) is 3.15. The monoisotopic (exact) mass is 263 g/mol. The topological polar surface area (TPSA) is 105 Å². The highest BCUT2D eigenvalue weighted by atomic mass is 16.5. The summed E-state index contributed by atoms with van der Waals surface area (Å²) in [6, 6.07) is 0. The molecule has 0 atom stereocenters. The Morgan fingerprint density at radius 2 is 2.21 bits per heavy atom. The van der Waals surface area contributed by atoms with Gasteiger partial charge in [-0.2, -0.15) is 15.1 Å². The first-order chi connectivity index (χ1) is 9.33. The SMILES string of the molecule is Nc1nc(NCCN2CCOCC2)c2cn[nH]c2n1. The van der Waals surface area contributed by atoms with Gasteiger partial charge in [-0.3, -0.25) is 10.00 Å². The molecule has 1 aliphatic rings. The zero-order valence-electron chi connectivity index (χ0n) is 10.6. The summed E-state index contributed by atoms with van der Waals surface area (Å²) in [5, 5.41) is 10.9. The summed E-state index contributed by atoms with van der Waals surface area (Å²) in [4.78, 5) is 10.6. The number of hydrogen-bond donors (Lipinski definition) is 3. The van der Waals surface area contributed by atoms with E-state index in [1.807, 2.05) is 0 Å². The van der Waals surface area contributed by atoms with Gasteiger partial charge in [0.25, 0.3) is 0 Å². The third-order valence-electron chi connectivity index (χ3n) is 3.15. The fourth-order valence-corrected chi connectivity index (χ4v) is 2.14. The van der Waals surface area contributed by atoms with Crippen molar-refractivity contribution in [3.8, 4) is 0 Å². The van der Waals surface area contributed by atoms with Gasteiger partial charge in [0.1, 0.15) is 5.82 Å². The molecule has 4 N–H and O–H groups in total. The van der Waals surface area contributed by atoms with Gasteiger partial charge in [-0.25, -0.2) is 0 Å². The van der Waals surface area contributed by atoms with E-state index in [0.29, 0.717) is 5.65 Å². The molecular formula is C11H17N7O. The van der Waals surface area contributed by atoms with Gasteiger partial charge in [0, 0.05) is 26.2 Å². The molecule has 1 saturated heterocycles. The van der Waals surface area contributed by atoms with Gasteiger partial charge >= 0.3 is 0 Å². The molecule has 0 bridgehead atoms. The lowest BCUT2D eigenvalue weighted by molar-refractivity contribution is 0.0398. The van der Waals surface area contributed by atoms with E-state index in [4.69, 9.17) is 10.5 Å². The lowest BCUT2D eigenvalue weighted by Gasteiger charge is -2.26. The molecule has 1 fully saturated rings. The highest BCUT2D eigenvalue weighted by Crippen LogP contribution is 2.18. The highest BCUT2D eigenvalue weighted by molar-refractivity contribution is 5.86. The molecule has 0 aliphatic carbocycles. The number of hydrogen-bond acceptors (Lipinski definition) is 7. The molecule has 102 valence electrons. The van der Waals surface area contributed by atoms with Crippen molar-refractivity contribution in [3.63, 3.8) is 0 Å². The second-order valence-electron chi connectivity index (χ2n) is 4.44. The summed E-state index contributed by atoms with van der Waals surface area (Å²) in [5.41, 5.74) is 6.32. The Hall–Kier alpha value is -1.93. The van der Waals surface area contributed by atoms with E-state index >= 15 is 0 Å². The molecular weight excluding hydrogens is 246 g/mol. The Kier molecular flexibility index (Phi) is 3.43. The number of nitrogen functional groups attached to an aromatic ring is 1. The lowest BCUT2D eigenvalue weighted by Crippen LogP contribution is -2.39. The van der Waals surface area contributed by atoms with Crippen LogP contribution in [-0.2, 0) is 4.74 Å². The average molecular weight is 263 g/mol. The van der Waals surface area contributed by atoms with Crippen molar-refractivity contribution in [1.29, 1.82) is 0 Å². The standard InChI is InChI=1S/C11H17N7O/c12-11-15-9(8-7-14-17-10(8)16-11)13-1-2-18-3-5-19-6-4-18/h7H,1-6H2,(H4,12,13,14,15,16,17). The van der Waals surface area contributed by atoms with Crippen LogP contribution in [-0.4, -0.2) is 64.5 Å². The van der Waals surface area contributed by atoms with Crippen LogP contribution in [0.3, 0.4) is 0 Å². The van der Waals surface area contributed by atoms with Crippen molar-refractivity contribution in [3.05, 3.63) is 6.20 Å². The van der Waals surface area contributed by atoms with Gasteiger partial charge in [-0.05, 0) is 0 Å². The largest absolute Gasteiger partial charge is 0.379 e. The van der Waals surface area contributed by atoms with E-state index in [1.54, 1.807) is 6.20 Å². The summed E-state index contributed by atoms with van der Waals surface area (Å²) >= 11 is 0. The first-order valence-corrected chi connectivity index (χ1v) is 6.33. The molecule has 19 heavy (non-hydrogen) atoms. The van der Waals surface area contributed by atoms with E-state index in [0.717, 1.165) is 50.6 Å². The fraction of sp³-hybridized carbons (Fsp3) is 0.545. The van der Waals surface area contributed by atoms with E-state index in [9.17, 15) is 0 Å². The molecule has 1 aliphatic heterocycles. The van der Waals surface area contributed by atoms with Gasteiger partial charge in [-0.1, -0.05) is 0 Å². The Morgan fingerprint density at radius 3 is 3.05 bits per heavy atom. The summed E-state index contributed by atoms with van der Waals surface area (Å²) < 4.78 is 5.32. The second-order valence-corrected chi connectivity index (χ2v) is 4.44. The summed E-state index contributed by atoms with van der Waals surface area (Å²) in [7, 11) is 0. The first kappa shape index (κ1) is 12.1. The smallest absolute Gasteiger partial charge is 0.224 e. The number of aromatic nitrogens is 4. The molecule has 2 aromatic heterocycles. The Morgan fingerprint density at radius 1 is 1.37 bits per heavy atom. The van der Waals surface area contributed by atoms with Crippen molar-refractivity contribution in [2.45, 2.75) is 0 Å². The van der Waals surface area contributed by atoms with Gasteiger partial charge in [0.05, 0.1) is 24.8 Å². The number of ether oxygens (including phenoxy) is 1. The molecule has 0 saturated carbocycles. The molecule has 0 radical (unpaired) electrons. The van der Waals surface area contributed by atoms with Crippen LogP contribution in [0.4, 0.5) is 11.8 Å². The average Bonchev–Trinajstić information content (AvgIpc) is 2.88. The zero-order chi connectivity index (χ0) is 13.1. The molecule has 3 rings (SSSR count). The van der Waals surface area contributed by atoms with Crippen molar-refractivity contribution in [2.24, 2.45) is 0 Å². The molecule has 0 amide bonds. The van der Waals surface area contributed by atoms with Crippen LogP contribution in [0.1, 0.15) is 0 Å². The van der Waals surface area contributed by atoms with E-state index in [1.165, 1.54) is 0 Å². The minimum atomic E-state index is 0.241. The van der Waals surface area contributed by atoms with Crippen molar-refractivity contribution < 1.29 is 4.74 Å². The number of H-pyrrole nitrogens is 1. The van der Waals surface area contributed by atoms with Crippen molar-refractivity contribution in [1.82, 2.24) is 25.1 Å². The third kappa shape index (κ3) is 2.74. The van der Waals surface area contributed by atoms with Crippen molar-refractivity contribution in [2.75, 3.05) is 50.4 Å². The summed E-state index contributed by atoms with van der Waals surface area (Å²) in [6.45, 7) is 5.34. The maximum atomic E-state index is 5.66. The Labute approximate surface area is 110 Å². The van der Waals surface area contributed by atoms with Crippen LogP contribution in [0.5, 0.6) is 0 Å². The van der Waals surface area contributed by atoms with Gasteiger partial charge in [-0.15, -0.1) is 0 Å². The van der Waals surface area contributed by atoms with Crippen LogP contribution in [0.25, 0.3) is 11.0 Å². The molecule has 2 aromatic rings. The first-order valence-electron chi connectivity index (χ1n) is 6.33. The number of anilines is 2. The van der Waals surface area contributed by atoms with Crippen LogP contribution in [0.2, 0.25) is 0 Å². The van der Waals surface area contributed by atoms with Crippen LogP contribution in [0.15, 0.2) is 6.20 Å². The number of aromatic amines is 1. The number of nitrogens with zero attached hydrogens (tertiary/aromatic N) is 4. The van der Waals surface area contributed by atoms with Crippen LogP contribution < -0.4 is 11.1 Å². The van der Waals surface area contributed by atoms with Gasteiger partial charge in [0.2, 0.25) is 5.95 Å². The molecule has 8 heteroatoms. The van der Waals surface area contributed by atoms with Crippen LogP contribution in [0, 0.1) is 0 Å². The maximum Gasteiger partial charge on any atom is 0.224 e. The lowest BCUT2D eigenvalue weighted by atomic mass is 10.3. The minimum absolute atomic E-state index is 0.241. The van der Waals surface area contributed by atoms with E-state index in [2.05, 4.69) is 30.4 Å². The number of morpholine rings is 1. The van der Waals surface area contributed by atoms with Crippen LogP contribution >= 0.6 is 0 Å².